The van der Waals surface area contributed by atoms with Gasteiger partial charge in [-0.3, -0.25) is 9.59 Å². The summed E-state index contributed by atoms with van der Waals surface area (Å²) in [6, 6.07) is 4.71. The third kappa shape index (κ3) is 5.46. The van der Waals surface area contributed by atoms with E-state index in [0.717, 1.165) is 4.90 Å². The van der Waals surface area contributed by atoms with Gasteiger partial charge in [0.1, 0.15) is 0 Å². The lowest BCUT2D eigenvalue weighted by Gasteiger charge is -2.23. The summed E-state index contributed by atoms with van der Waals surface area (Å²) in [6.07, 6.45) is 1.27. The van der Waals surface area contributed by atoms with Crippen LogP contribution < -0.4 is 10.6 Å². The number of methoxy groups -OCH3 is 1. The molecule has 0 bridgehead atoms. The van der Waals surface area contributed by atoms with Gasteiger partial charge in [0.15, 0.2) is 9.84 Å². The van der Waals surface area contributed by atoms with E-state index in [1.54, 1.807) is 13.2 Å². The highest BCUT2D eigenvalue weighted by atomic mass is 32.2. The number of nitrogens with one attached hydrogen (secondary N) is 2. The summed E-state index contributed by atoms with van der Waals surface area (Å²) in [5, 5.41) is 5.27. The molecule has 0 fully saturated rings. The molecule has 9 heteroatoms. The van der Waals surface area contributed by atoms with Crippen LogP contribution in [0.25, 0.3) is 0 Å². The summed E-state index contributed by atoms with van der Waals surface area (Å²) in [4.78, 5) is 24.7. The Balaban J connectivity index is 1.98. The zero-order chi connectivity index (χ0) is 19.2. The van der Waals surface area contributed by atoms with Gasteiger partial charge < -0.3 is 15.4 Å². The van der Waals surface area contributed by atoms with Gasteiger partial charge in [-0.05, 0) is 31.0 Å². The number of anilines is 1. The van der Waals surface area contributed by atoms with Crippen molar-refractivity contribution < 1.29 is 22.7 Å². The summed E-state index contributed by atoms with van der Waals surface area (Å²) in [6.45, 7) is 2.92. The molecule has 2 rings (SSSR count). The Kier molecular flexibility index (Phi) is 7.48. The van der Waals surface area contributed by atoms with E-state index in [1.165, 1.54) is 23.9 Å². The first-order chi connectivity index (χ1) is 12.4. The highest BCUT2D eigenvalue weighted by molar-refractivity contribution is 8.01. The van der Waals surface area contributed by atoms with Crippen LogP contribution in [0.15, 0.2) is 28.0 Å². The second-order valence-electron chi connectivity index (χ2n) is 5.93. The van der Waals surface area contributed by atoms with Crippen LogP contribution in [0.1, 0.15) is 26.2 Å². The molecule has 26 heavy (non-hydrogen) atoms. The van der Waals surface area contributed by atoms with Crippen LogP contribution in [0.2, 0.25) is 0 Å². The molecule has 0 saturated carbocycles. The molecule has 144 valence electrons. The Hall–Kier alpha value is -1.58. The molecule has 1 aliphatic heterocycles. The molecule has 1 aromatic carbocycles. The number of hydrogen-bond donors (Lipinski definition) is 2. The molecule has 0 aromatic heterocycles. The smallest absolute Gasteiger partial charge is 0.237 e. The fourth-order valence-electron chi connectivity index (χ4n) is 2.47. The Morgan fingerprint density at radius 3 is 2.85 bits per heavy atom. The molecule has 0 saturated heterocycles. The lowest BCUT2D eigenvalue weighted by molar-refractivity contribution is -0.120. The predicted molar refractivity (Wildman–Crippen MR) is 101 cm³/mol. The van der Waals surface area contributed by atoms with Crippen molar-refractivity contribution in [2.75, 3.05) is 31.3 Å². The number of carbonyl (C=O) groups is 2. The molecule has 1 aliphatic rings. The van der Waals surface area contributed by atoms with Crippen molar-refractivity contribution in [1.82, 2.24) is 5.32 Å². The molecule has 7 nitrogen and oxygen atoms in total. The summed E-state index contributed by atoms with van der Waals surface area (Å²) < 4.78 is 29.8. The Bertz CT molecular complexity index is 764. The van der Waals surface area contributed by atoms with Crippen molar-refractivity contribution in [3.63, 3.8) is 0 Å². The van der Waals surface area contributed by atoms with Crippen molar-refractivity contribution >= 4 is 39.1 Å². The maximum Gasteiger partial charge on any atom is 0.237 e. The standard InChI is InChI=1S/C17H24N2O5S2/c1-3-14-17(21)19-13-11-12(5-6-15(13)25-14)26(22,23)10-7-16(20)18-8-4-9-24-2/h5-6,11,14H,3-4,7-10H2,1-2H3,(H,18,20)(H,19,21)/t14-/m1/s1. The highest BCUT2D eigenvalue weighted by Gasteiger charge is 2.27. The van der Waals surface area contributed by atoms with Gasteiger partial charge in [-0.15, -0.1) is 11.8 Å². The average molecular weight is 401 g/mol. The number of carbonyl (C=O) groups excluding carboxylic acids is 2. The second kappa shape index (κ2) is 9.38. The van der Waals surface area contributed by atoms with Gasteiger partial charge in [0, 0.05) is 31.6 Å². The third-order valence-electron chi connectivity index (χ3n) is 3.95. The quantitative estimate of drug-likeness (QED) is 0.613. The molecule has 1 heterocycles. The summed E-state index contributed by atoms with van der Waals surface area (Å²) >= 11 is 1.43. The van der Waals surface area contributed by atoms with E-state index in [2.05, 4.69) is 10.6 Å². The van der Waals surface area contributed by atoms with E-state index >= 15 is 0 Å². The lowest BCUT2D eigenvalue weighted by atomic mass is 10.2. The van der Waals surface area contributed by atoms with Gasteiger partial charge in [-0.1, -0.05) is 6.92 Å². The molecule has 1 atom stereocenters. The first-order valence-corrected chi connectivity index (χ1v) is 11.0. The van der Waals surface area contributed by atoms with Crippen LogP contribution in [0, 0.1) is 0 Å². The van der Waals surface area contributed by atoms with E-state index in [-0.39, 0.29) is 34.1 Å². The molecule has 0 unspecified atom stereocenters. The number of rotatable bonds is 9. The van der Waals surface area contributed by atoms with Crippen LogP contribution in [0.3, 0.4) is 0 Å². The summed E-state index contributed by atoms with van der Waals surface area (Å²) in [7, 11) is -2.03. The van der Waals surface area contributed by atoms with Crippen LogP contribution in [-0.4, -0.2) is 51.5 Å². The minimum absolute atomic E-state index is 0.106. The molecule has 0 spiro atoms. The third-order valence-corrected chi connectivity index (χ3v) is 7.10. The zero-order valence-corrected chi connectivity index (χ0v) is 16.5. The van der Waals surface area contributed by atoms with Crippen LogP contribution in [-0.2, 0) is 24.2 Å². The molecular weight excluding hydrogens is 376 g/mol. The monoisotopic (exact) mass is 400 g/mol. The molecule has 0 aliphatic carbocycles. The highest BCUT2D eigenvalue weighted by Crippen LogP contribution is 2.38. The number of amides is 2. The Morgan fingerprint density at radius 2 is 2.15 bits per heavy atom. The van der Waals surface area contributed by atoms with Crippen LogP contribution in [0.5, 0.6) is 0 Å². The second-order valence-corrected chi connectivity index (χ2v) is 9.28. The number of thioether (sulfide) groups is 1. The van der Waals surface area contributed by atoms with Crippen LogP contribution in [0.4, 0.5) is 5.69 Å². The summed E-state index contributed by atoms with van der Waals surface area (Å²) in [5.74, 6) is -0.701. The van der Waals surface area contributed by atoms with Crippen LogP contribution >= 0.6 is 11.8 Å². The topological polar surface area (TPSA) is 102 Å². The van der Waals surface area contributed by atoms with Gasteiger partial charge >= 0.3 is 0 Å². The van der Waals surface area contributed by atoms with E-state index in [0.29, 0.717) is 31.7 Å². The summed E-state index contributed by atoms with van der Waals surface area (Å²) in [5.41, 5.74) is 0.509. The molecular formula is C17H24N2O5S2. The lowest BCUT2D eigenvalue weighted by Crippen LogP contribution is -2.28. The largest absolute Gasteiger partial charge is 0.385 e. The molecule has 2 amide bonds. The van der Waals surface area contributed by atoms with Gasteiger partial charge in [0.25, 0.3) is 0 Å². The van der Waals surface area contributed by atoms with E-state index in [4.69, 9.17) is 4.74 Å². The number of benzene rings is 1. The fraction of sp³-hybridized carbons (Fsp3) is 0.529. The number of sulfone groups is 1. The van der Waals surface area contributed by atoms with Crippen molar-refractivity contribution in [2.24, 2.45) is 0 Å². The van der Waals surface area contributed by atoms with Gasteiger partial charge in [0.05, 0.1) is 21.6 Å². The van der Waals surface area contributed by atoms with Gasteiger partial charge in [-0.25, -0.2) is 8.42 Å². The van der Waals surface area contributed by atoms with Crippen molar-refractivity contribution in [3.8, 4) is 0 Å². The Labute approximate surface area is 158 Å². The SMILES string of the molecule is CC[C@H]1Sc2ccc(S(=O)(=O)CCC(=O)NCCCOC)cc2NC1=O. The van der Waals surface area contributed by atoms with Gasteiger partial charge in [0.2, 0.25) is 11.8 Å². The maximum absolute atomic E-state index is 12.5. The van der Waals surface area contributed by atoms with Crippen molar-refractivity contribution in [3.05, 3.63) is 18.2 Å². The van der Waals surface area contributed by atoms with E-state index in [9.17, 15) is 18.0 Å². The Morgan fingerprint density at radius 1 is 1.38 bits per heavy atom. The zero-order valence-electron chi connectivity index (χ0n) is 14.9. The number of hydrogen-bond acceptors (Lipinski definition) is 6. The predicted octanol–water partition coefficient (Wildman–Crippen LogP) is 1.83. The normalized spacial score (nSPS) is 16.7. The fourth-order valence-corrected chi connectivity index (χ4v) is 4.75. The van der Waals surface area contributed by atoms with Crippen molar-refractivity contribution in [1.29, 1.82) is 0 Å². The molecule has 2 N–H and O–H groups in total. The maximum atomic E-state index is 12.5. The number of fused-ring (bicyclic) bond motifs is 1. The van der Waals surface area contributed by atoms with Crippen molar-refractivity contribution in [2.45, 2.75) is 41.2 Å². The first-order valence-electron chi connectivity index (χ1n) is 8.47. The first kappa shape index (κ1) is 20.7. The average Bonchev–Trinajstić information content (AvgIpc) is 2.62. The van der Waals surface area contributed by atoms with Gasteiger partial charge in [-0.2, -0.15) is 0 Å². The minimum Gasteiger partial charge on any atom is -0.385 e. The molecule has 0 radical (unpaired) electrons. The molecule has 1 aromatic rings. The van der Waals surface area contributed by atoms with E-state index in [1.807, 2.05) is 6.92 Å². The van der Waals surface area contributed by atoms with E-state index < -0.39 is 9.84 Å². The number of ether oxygens (including phenoxy) is 1. The minimum atomic E-state index is -3.61.